The molecular weight excluding hydrogens is 328 g/mol. The Morgan fingerprint density at radius 3 is 2.31 bits per heavy atom. The number of aliphatic hydroxyl groups is 1. The van der Waals surface area contributed by atoms with Crippen molar-refractivity contribution in [2.45, 2.75) is 13.0 Å². The number of nitrogens with zero attached hydrogens (tertiary/aromatic N) is 2. The molecule has 1 atom stereocenters. The van der Waals surface area contributed by atoms with Gasteiger partial charge in [0.05, 0.1) is 0 Å². The lowest BCUT2D eigenvalue weighted by Crippen LogP contribution is -2.49. The van der Waals surface area contributed by atoms with Gasteiger partial charge in [-0.15, -0.1) is 0 Å². The van der Waals surface area contributed by atoms with Crippen molar-refractivity contribution in [3.8, 4) is 5.75 Å². The molecule has 138 valence electrons. The molecule has 0 spiro atoms. The van der Waals surface area contributed by atoms with Crippen molar-refractivity contribution in [1.29, 1.82) is 0 Å². The monoisotopic (exact) mass is 354 g/mol. The highest BCUT2D eigenvalue weighted by molar-refractivity contribution is 5.94. The van der Waals surface area contributed by atoms with Crippen LogP contribution in [0.5, 0.6) is 5.75 Å². The van der Waals surface area contributed by atoms with Crippen molar-refractivity contribution in [3.63, 3.8) is 0 Å². The van der Waals surface area contributed by atoms with Crippen molar-refractivity contribution in [1.82, 2.24) is 4.90 Å². The predicted molar refractivity (Wildman–Crippen MR) is 103 cm³/mol. The van der Waals surface area contributed by atoms with Crippen molar-refractivity contribution < 1.29 is 14.6 Å². The number of carbonyl (C=O) groups excluding carboxylic acids is 1. The minimum atomic E-state index is -0.503. The van der Waals surface area contributed by atoms with E-state index in [0.29, 0.717) is 13.2 Å². The van der Waals surface area contributed by atoms with Crippen molar-refractivity contribution in [3.05, 3.63) is 60.2 Å². The molecule has 0 radical (unpaired) electrons. The molecule has 3 rings (SSSR count). The number of Topliss-reactive ketones (excluding diaryl/α,β-unsaturated/α-hetero) is 1. The quantitative estimate of drug-likeness (QED) is 0.774. The molecule has 0 unspecified atom stereocenters. The molecule has 5 nitrogen and oxygen atoms in total. The summed E-state index contributed by atoms with van der Waals surface area (Å²) in [6.45, 7) is 6.12. The third-order valence-corrected chi connectivity index (χ3v) is 4.67. The molecule has 0 amide bonds. The highest BCUT2D eigenvalue weighted by Gasteiger charge is 2.20. The van der Waals surface area contributed by atoms with Gasteiger partial charge in [0.15, 0.2) is 5.78 Å². The number of carbonyl (C=O) groups is 1. The van der Waals surface area contributed by atoms with Crippen LogP contribution in [0.15, 0.2) is 54.6 Å². The molecule has 2 aromatic rings. The van der Waals surface area contributed by atoms with Crippen LogP contribution in [0.4, 0.5) is 5.69 Å². The van der Waals surface area contributed by atoms with Crippen LogP contribution >= 0.6 is 0 Å². The first-order valence-electron chi connectivity index (χ1n) is 9.06. The summed E-state index contributed by atoms with van der Waals surface area (Å²) < 4.78 is 5.62. The van der Waals surface area contributed by atoms with E-state index in [9.17, 15) is 9.90 Å². The minimum absolute atomic E-state index is 0.0908. The van der Waals surface area contributed by atoms with E-state index in [1.54, 1.807) is 6.92 Å². The number of β-amino-alcohol motifs (C(OH)–C–C–N with tert-alkyl or cyclic N) is 1. The van der Waals surface area contributed by atoms with E-state index in [2.05, 4.69) is 9.80 Å². The molecule has 5 heteroatoms. The molecule has 0 aliphatic carbocycles. The van der Waals surface area contributed by atoms with Crippen molar-refractivity contribution >= 4 is 11.5 Å². The first-order valence-corrected chi connectivity index (χ1v) is 9.06. The summed E-state index contributed by atoms with van der Waals surface area (Å²) in [6.07, 6.45) is -0.503. The van der Waals surface area contributed by atoms with Gasteiger partial charge in [0.1, 0.15) is 18.5 Å². The molecule has 0 aromatic heterocycles. The number of ketones is 1. The second-order valence-corrected chi connectivity index (χ2v) is 6.67. The number of aliphatic hydroxyl groups excluding tert-OH is 1. The Bertz CT molecular complexity index is 695. The first-order chi connectivity index (χ1) is 12.6. The molecule has 1 N–H and O–H groups in total. The van der Waals surface area contributed by atoms with E-state index < -0.39 is 6.10 Å². The maximum absolute atomic E-state index is 11.4. The van der Waals surface area contributed by atoms with E-state index >= 15 is 0 Å². The minimum Gasteiger partial charge on any atom is -0.491 e. The largest absolute Gasteiger partial charge is 0.491 e. The second-order valence-electron chi connectivity index (χ2n) is 6.67. The summed E-state index contributed by atoms with van der Waals surface area (Å²) in [4.78, 5) is 15.9. The van der Waals surface area contributed by atoms with Crippen LogP contribution in [0.3, 0.4) is 0 Å². The van der Waals surface area contributed by atoms with Crippen LogP contribution in [-0.4, -0.2) is 61.2 Å². The fraction of sp³-hybridized carbons (Fsp3) is 0.381. The second kappa shape index (κ2) is 8.83. The summed E-state index contributed by atoms with van der Waals surface area (Å²) in [5.41, 5.74) is 1.89. The Morgan fingerprint density at radius 2 is 1.69 bits per heavy atom. The molecule has 2 aromatic carbocycles. The Morgan fingerprint density at radius 1 is 1.04 bits per heavy atom. The van der Waals surface area contributed by atoms with Crippen molar-refractivity contribution in [2.75, 3.05) is 44.2 Å². The molecule has 1 saturated heterocycles. The molecule has 1 fully saturated rings. The molecule has 1 aliphatic heterocycles. The lowest BCUT2D eigenvalue weighted by Gasteiger charge is -2.36. The van der Waals surface area contributed by atoms with Crippen LogP contribution in [0, 0.1) is 0 Å². The number of benzene rings is 2. The Hall–Kier alpha value is -2.37. The summed E-state index contributed by atoms with van der Waals surface area (Å²) in [6, 6.07) is 17.4. The molecule has 1 heterocycles. The van der Waals surface area contributed by atoms with Crippen LogP contribution < -0.4 is 9.64 Å². The third-order valence-electron chi connectivity index (χ3n) is 4.67. The maximum atomic E-state index is 11.4. The van der Waals surface area contributed by atoms with E-state index in [4.69, 9.17) is 4.74 Å². The summed E-state index contributed by atoms with van der Waals surface area (Å²) >= 11 is 0. The van der Waals surface area contributed by atoms with E-state index in [-0.39, 0.29) is 5.78 Å². The normalized spacial score (nSPS) is 16.3. The molecule has 0 saturated carbocycles. The summed E-state index contributed by atoms with van der Waals surface area (Å²) in [5.74, 6) is 0.874. The number of anilines is 1. The smallest absolute Gasteiger partial charge is 0.159 e. The summed E-state index contributed by atoms with van der Waals surface area (Å²) in [7, 11) is 0. The van der Waals surface area contributed by atoms with Crippen LogP contribution in [-0.2, 0) is 0 Å². The zero-order valence-electron chi connectivity index (χ0n) is 15.2. The van der Waals surface area contributed by atoms with Gasteiger partial charge in [-0.3, -0.25) is 9.69 Å². The van der Waals surface area contributed by atoms with Gasteiger partial charge in [-0.25, -0.2) is 0 Å². The topological polar surface area (TPSA) is 53.0 Å². The molecule has 26 heavy (non-hydrogen) atoms. The Labute approximate surface area is 154 Å². The predicted octanol–water partition coefficient (Wildman–Crippen LogP) is 2.45. The van der Waals surface area contributed by atoms with Crippen LogP contribution in [0.25, 0.3) is 0 Å². The van der Waals surface area contributed by atoms with E-state index in [1.807, 2.05) is 54.6 Å². The average molecular weight is 354 g/mol. The fourth-order valence-corrected chi connectivity index (χ4v) is 3.16. The number of hydrogen-bond acceptors (Lipinski definition) is 5. The number of ether oxygens (including phenoxy) is 1. The number of para-hydroxylation sites is 1. The molecular formula is C21H26N2O3. The van der Waals surface area contributed by atoms with Gasteiger partial charge in [-0.05, 0) is 43.3 Å². The van der Waals surface area contributed by atoms with Gasteiger partial charge >= 0.3 is 0 Å². The highest BCUT2D eigenvalue weighted by atomic mass is 16.5. The average Bonchev–Trinajstić information content (AvgIpc) is 2.68. The van der Waals surface area contributed by atoms with Gasteiger partial charge in [-0.1, -0.05) is 18.2 Å². The van der Waals surface area contributed by atoms with Gasteiger partial charge in [0.25, 0.3) is 0 Å². The van der Waals surface area contributed by atoms with Gasteiger partial charge in [-0.2, -0.15) is 0 Å². The molecule has 1 aliphatic rings. The molecule has 0 bridgehead atoms. The SMILES string of the molecule is CC(=O)c1ccc(N2CCN(C[C@@H](O)COc3ccccc3)CC2)cc1. The zero-order valence-corrected chi connectivity index (χ0v) is 15.2. The van der Waals surface area contributed by atoms with Gasteiger partial charge in [0, 0.05) is 44.0 Å². The Balaban J connectivity index is 1.42. The van der Waals surface area contributed by atoms with E-state index in [1.165, 1.54) is 0 Å². The first kappa shape index (κ1) is 18.4. The lowest BCUT2D eigenvalue weighted by atomic mass is 10.1. The van der Waals surface area contributed by atoms with Gasteiger partial charge in [0.2, 0.25) is 0 Å². The van der Waals surface area contributed by atoms with Crippen LogP contribution in [0.2, 0.25) is 0 Å². The van der Waals surface area contributed by atoms with E-state index in [0.717, 1.165) is 43.2 Å². The number of piperazine rings is 1. The van der Waals surface area contributed by atoms with Gasteiger partial charge < -0.3 is 14.7 Å². The maximum Gasteiger partial charge on any atom is 0.159 e. The van der Waals surface area contributed by atoms with Crippen molar-refractivity contribution in [2.24, 2.45) is 0 Å². The standard InChI is InChI=1S/C21H26N2O3/c1-17(24)18-7-9-19(10-8-18)23-13-11-22(12-14-23)15-20(25)16-26-21-5-3-2-4-6-21/h2-10,20,25H,11-16H2,1H3/t20-/m1/s1. The zero-order chi connectivity index (χ0) is 18.4. The number of hydrogen-bond donors (Lipinski definition) is 1. The fourth-order valence-electron chi connectivity index (χ4n) is 3.16. The Kier molecular flexibility index (Phi) is 6.26. The summed E-state index contributed by atoms with van der Waals surface area (Å²) in [5, 5.41) is 10.2. The third kappa shape index (κ3) is 5.07. The number of rotatable bonds is 7. The lowest BCUT2D eigenvalue weighted by molar-refractivity contribution is 0.0663. The van der Waals surface area contributed by atoms with Crippen LogP contribution in [0.1, 0.15) is 17.3 Å². The highest BCUT2D eigenvalue weighted by Crippen LogP contribution is 2.18.